The zero-order chi connectivity index (χ0) is 11.3. The van der Waals surface area contributed by atoms with Crippen LogP contribution in [-0.2, 0) is 0 Å². The minimum absolute atomic E-state index is 0.119. The second-order valence-electron chi connectivity index (χ2n) is 2.95. The minimum atomic E-state index is -0.325. The van der Waals surface area contributed by atoms with Gasteiger partial charge in [-0.2, -0.15) is 4.98 Å². The van der Waals surface area contributed by atoms with Gasteiger partial charge in [0.25, 0.3) is 0 Å². The van der Waals surface area contributed by atoms with Crippen LogP contribution in [-0.4, -0.2) is 33.6 Å². The monoisotopic (exact) mass is 229 g/mol. The Morgan fingerprint density at radius 2 is 2.40 bits per heavy atom. The molecule has 1 amide bonds. The fraction of sp³-hybridized carbons (Fsp3) is 0.625. The van der Waals surface area contributed by atoms with Gasteiger partial charge in [0.2, 0.25) is 11.1 Å². The lowest BCUT2D eigenvalue weighted by molar-refractivity contribution is 0.239. The zero-order valence-corrected chi connectivity index (χ0v) is 9.67. The number of hydrogen-bond donors (Lipinski definition) is 2. The van der Waals surface area contributed by atoms with Crippen molar-refractivity contribution in [3.63, 3.8) is 0 Å². The summed E-state index contributed by atoms with van der Waals surface area (Å²) in [4.78, 5) is 15.4. The van der Waals surface area contributed by atoms with Gasteiger partial charge in [-0.3, -0.25) is 0 Å². The molecule has 1 heterocycles. The molecule has 0 radical (unpaired) electrons. The van der Waals surface area contributed by atoms with Crippen LogP contribution in [0.4, 0.5) is 10.7 Å². The van der Waals surface area contributed by atoms with Gasteiger partial charge in [-0.15, -0.1) is 9.78 Å². The molecule has 0 aromatic carbocycles. The summed E-state index contributed by atoms with van der Waals surface area (Å²) in [6.07, 6.45) is 3.80. The van der Waals surface area contributed by atoms with Crippen LogP contribution < -0.4 is 11.1 Å². The average Bonchev–Trinajstić information content (AvgIpc) is 2.60. The van der Waals surface area contributed by atoms with Crippen LogP contribution >= 0.6 is 11.8 Å². The number of hydrogen-bond acceptors (Lipinski definition) is 5. The number of nitrogen functional groups attached to an aromatic ring is 1. The van der Waals surface area contributed by atoms with Crippen molar-refractivity contribution in [3.8, 4) is 0 Å². The van der Waals surface area contributed by atoms with Crippen LogP contribution in [0, 0.1) is 0 Å². The summed E-state index contributed by atoms with van der Waals surface area (Å²) in [6, 6.07) is -0.325. The highest BCUT2D eigenvalue weighted by Crippen LogP contribution is 2.10. The van der Waals surface area contributed by atoms with Gasteiger partial charge in [0.15, 0.2) is 0 Å². The van der Waals surface area contributed by atoms with Crippen LogP contribution in [0.15, 0.2) is 5.16 Å². The van der Waals surface area contributed by atoms with E-state index in [0.29, 0.717) is 11.7 Å². The van der Waals surface area contributed by atoms with E-state index in [2.05, 4.69) is 22.3 Å². The highest BCUT2D eigenvalue weighted by atomic mass is 32.2. The predicted molar refractivity (Wildman–Crippen MR) is 59.9 cm³/mol. The molecular weight excluding hydrogens is 214 g/mol. The lowest BCUT2D eigenvalue weighted by atomic mass is 10.3. The molecule has 0 saturated heterocycles. The third-order valence-electron chi connectivity index (χ3n) is 1.79. The molecule has 0 aliphatic heterocycles. The van der Waals surface area contributed by atoms with Gasteiger partial charge in [0.05, 0.1) is 0 Å². The Bertz CT molecular complexity index is 338. The van der Waals surface area contributed by atoms with Crippen LogP contribution in [0.1, 0.15) is 19.8 Å². The third kappa shape index (κ3) is 3.12. The van der Waals surface area contributed by atoms with Crippen molar-refractivity contribution in [2.75, 3.05) is 18.5 Å². The second-order valence-corrected chi connectivity index (χ2v) is 3.73. The van der Waals surface area contributed by atoms with E-state index in [1.165, 1.54) is 11.8 Å². The first kappa shape index (κ1) is 11.8. The molecule has 0 aliphatic rings. The van der Waals surface area contributed by atoms with Gasteiger partial charge in [0.1, 0.15) is 0 Å². The molecule has 15 heavy (non-hydrogen) atoms. The highest BCUT2D eigenvalue weighted by molar-refractivity contribution is 7.98. The van der Waals surface area contributed by atoms with E-state index < -0.39 is 0 Å². The maximum absolute atomic E-state index is 11.5. The smallest absolute Gasteiger partial charge is 0.345 e. The topological polar surface area (TPSA) is 85.8 Å². The number of thioether (sulfide) groups is 1. The molecule has 0 fully saturated rings. The summed E-state index contributed by atoms with van der Waals surface area (Å²) in [7, 11) is 0. The normalized spacial score (nSPS) is 10.3. The molecule has 3 N–H and O–H groups in total. The molecule has 0 spiro atoms. The van der Waals surface area contributed by atoms with Gasteiger partial charge in [-0.05, 0) is 12.7 Å². The number of carbonyl (C=O) groups excluding carboxylic acids is 1. The summed E-state index contributed by atoms with van der Waals surface area (Å²) in [6.45, 7) is 2.69. The van der Waals surface area contributed by atoms with Crippen molar-refractivity contribution >= 4 is 23.7 Å². The summed E-state index contributed by atoms with van der Waals surface area (Å²) in [5, 5.41) is 7.15. The van der Waals surface area contributed by atoms with Crippen molar-refractivity contribution in [3.05, 3.63) is 0 Å². The Labute approximate surface area is 92.6 Å². The fourth-order valence-electron chi connectivity index (χ4n) is 0.987. The quantitative estimate of drug-likeness (QED) is 0.592. The van der Waals surface area contributed by atoms with E-state index in [4.69, 9.17) is 5.73 Å². The molecule has 0 saturated carbocycles. The van der Waals surface area contributed by atoms with Crippen molar-refractivity contribution in [2.24, 2.45) is 0 Å². The first-order valence-corrected chi connectivity index (χ1v) is 5.96. The number of aromatic nitrogens is 3. The summed E-state index contributed by atoms with van der Waals surface area (Å²) >= 11 is 1.35. The molecule has 0 unspecified atom stereocenters. The minimum Gasteiger partial charge on any atom is -0.368 e. The first-order valence-electron chi connectivity index (χ1n) is 4.73. The largest absolute Gasteiger partial charge is 0.368 e. The van der Waals surface area contributed by atoms with E-state index in [0.717, 1.165) is 17.5 Å². The molecule has 1 aromatic heterocycles. The van der Waals surface area contributed by atoms with Crippen molar-refractivity contribution in [2.45, 2.75) is 24.9 Å². The predicted octanol–water partition coefficient (Wildman–Crippen LogP) is 0.940. The van der Waals surface area contributed by atoms with Gasteiger partial charge in [0, 0.05) is 6.54 Å². The van der Waals surface area contributed by atoms with E-state index in [9.17, 15) is 4.79 Å². The van der Waals surface area contributed by atoms with Gasteiger partial charge in [-0.25, -0.2) is 4.79 Å². The number of anilines is 1. The fourth-order valence-corrected chi connectivity index (χ4v) is 1.34. The lowest BCUT2D eigenvalue weighted by Gasteiger charge is -2.03. The molecule has 7 heteroatoms. The van der Waals surface area contributed by atoms with Gasteiger partial charge in [-0.1, -0.05) is 25.1 Å². The van der Waals surface area contributed by atoms with Crippen molar-refractivity contribution in [1.29, 1.82) is 0 Å². The standard InChI is InChI=1S/C8H15N5OS/c1-3-4-5-10-8(14)13-6(9)11-7(12-13)15-2/h3-5H2,1-2H3,(H,10,14)(H2,9,11,12). The average molecular weight is 229 g/mol. The Balaban J connectivity index is 2.60. The van der Waals surface area contributed by atoms with E-state index >= 15 is 0 Å². The third-order valence-corrected chi connectivity index (χ3v) is 2.33. The lowest BCUT2D eigenvalue weighted by Crippen LogP contribution is -2.31. The van der Waals surface area contributed by atoms with E-state index in [1.807, 2.05) is 6.26 Å². The number of nitrogens with two attached hydrogens (primary N) is 1. The maximum atomic E-state index is 11.5. The molecule has 84 valence electrons. The zero-order valence-electron chi connectivity index (χ0n) is 8.86. The molecule has 0 atom stereocenters. The van der Waals surface area contributed by atoms with Crippen LogP contribution in [0.5, 0.6) is 0 Å². The van der Waals surface area contributed by atoms with Crippen LogP contribution in [0.25, 0.3) is 0 Å². The number of nitrogens with one attached hydrogen (secondary N) is 1. The number of carbonyl (C=O) groups is 1. The second kappa shape index (κ2) is 5.59. The van der Waals surface area contributed by atoms with Crippen molar-refractivity contribution < 1.29 is 4.79 Å². The molecule has 0 bridgehead atoms. The Hall–Kier alpha value is -1.24. The SMILES string of the molecule is CCCCNC(=O)n1nc(SC)nc1N. The van der Waals surface area contributed by atoms with Crippen LogP contribution in [0.2, 0.25) is 0 Å². The van der Waals surface area contributed by atoms with E-state index in [1.54, 1.807) is 0 Å². The molecule has 0 aliphatic carbocycles. The van der Waals surface area contributed by atoms with E-state index in [-0.39, 0.29) is 12.0 Å². The molecular formula is C8H15N5OS. The van der Waals surface area contributed by atoms with Crippen LogP contribution in [0.3, 0.4) is 0 Å². The molecule has 1 rings (SSSR count). The Kier molecular flexibility index (Phi) is 4.41. The van der Waals surface area contributed by atoms with Gasteiger partial charge >= 0.3 is 6.03 Å². The number of amides is 1. The number of rotatable bonds is 4. The first-order chi connectivity index (χ1) is 7.19. The summed E-state index contributed by atoms with van der Waals surface area (Å²) in [5.41, 5.74) is 5.54. The maximum Gasteiger partial charge on any atom is 0.345 e. The number of unbranched alkanes of at least 4 members (excludes halogenated alkanes) is 1. The van der Waals surface area contributed by atoms with Crippen molar-refractivity contribution in [1.82, 2.24) is 20.1 Å². The summed E-state index contributed by atoms with van der Waals surface area (Å²) in [5.74, 6) is 0.119. The highest BCUT2D eigenvalue weighted by Gasteiger charge is 2.12. The summed E-state index contributed by atoms with van der Waals surface area (Å²) < 4.78 is 1.08. The van der Waals surface area contributed by atoms with Gasteiger partial charge < -0.3 is 11.1 Å². The molecule has 1 aromatic rings. The number of nitrogens with zero attached hydrogens (tertiary/aromatic N) is 3. The Morgan fingerprint density at radius 3 is 2.93 bits per heavy atom. The Morgan fingerprint density at radius 1 is 1.67 bits per heavy atom. The molecule has 6 nitrogen and oxygen atoms in total.